The SMILES string of the molecule is CCN(C(=O)c1cc(F)ccc1-n1nccn1)C(C)COc1ccc(C(F)(F)F)cn1. The molecule has 11 heteroatoms. The summed E-state index contributed by atoms with van der Waals surface area (Å²) < 4.78 is 57.2. The molecule has 0 saturated carbocycles. The molecule has 0 N–H and O–H groups in total. The summed E-state index contributed by atoms with van der Waals surface area (Å²) >= 11 is 0. The lowest BCUT2D eigenvalue weighted by Gasteiger charge is -2.28. The zero-order valence-electron chi connectivity index (χ0n) is 16.7. The fourth-order valence-corrected chi connectivity index (χ4v) is 2.93. The highest BCUT2D eigenvalue weighted by molar-refractivity contribution is 5.97. The van der Waals surface area contributed by atoms with Gasteiger partial charge < -0.3 is 9.64 Å². The predicted molar refractivity (Wildman–Crippen MR) is 102 cm³/mol. The van der Waals surface area contributed by atoms with Crippen molar-refractivity contribution in [2.45, 2.75) is 26.1 Å². The van der Waals surface area contributed by atoms with Crippen molar-refractivity contribution in [1.29, 1.82) is 0 Å². The lowest BCUT2D eigenvalue weighted by atomic mass is 10.1. The fraction of sp³-hybridized carbons (Fsp3) is 0.300. The number of amides is 1. The van der Waals surface area contributed by atoms with Crippen LogP contribution < -0.4 is 4.74 Å². The second kappa shape index (κ2) is 9.11. The van der Waals surface area contributed by atoms with Gasteiger partial charge in [0.15, 0.2) is 0 Å². The Labute approximate surface area is 175 Å². The molecular formula is C20H19F4N5O2. The normalized spacial score (nSPS) is 12.5. The topological polar surface area (TPSA) is 73.1 Å². The van der Waals surface area contributed by atoms with Crippen molar-refractivity contribution < 1.29 is 27.1 Å². The van der Waals surface area contributed by atoms with Gasteiger partial charge in [-0.25, -0.2) is 9.37 Å². The van der Waals surface area contributed by atoms with Gasteiger partial charge in [0.25, 0.3) is 5.91 Å². The van der Waals surface area contributed by atoms with Crippen molar-refractivity contribution in [3.8, 4) is 11.6 Å². The van der Waals surface area contributed by atoms with Crippen molar-refractivity contribution in [3.63, 3.8) is 0 Å². The third kappa shape index (κ3) is 5.16. The van der Waals surface area contributed by atoms with E-state index < -0.39 is 29.5 Å². The maximum Gasteiger partial charge on any atom is 0.417 e. The summed E-state index contributed by atoms with van der Waals surface area (Å²) in [5.41, 5.74) is -0.506. The van der Waals surface area contributed by atoms with Gasteiger partial charge in [-0.1, -0.05) is 0 Å². The number of nitrogens with zero attached hydrogens (tertiary/aromatic N) is 5. The summed E-state index contributed by atoms with van der Waals surface area (Å²) in [6.07, 6.45) is -0.944. The van der Waals surface area contributed by atoms with E-state index in [0.29, 0.717) is 11.9 Å². The second-order valence-electron chi connectivity index (χ2n) is 6.61. The highest BCUT2D eigenvalue weighted by Gasteiger charge is 2.31. The van der Waals surface area contributed by atoms with Crippen molar-refractivity contribution in [2.24, 2.45) is 0 Å². The Morgan fingerprint density at radius 3 is 2.48 bits per heavy atom. The van der Waals surface area contributed by atoms with Crippen molar-refractivity contribution in [2.75, 3.05) is 13.2 Å². The van der Waals surface area contributed by atoms with Gasteiger partial charge in [-0.2, -0.15) is 28.2 Å². The van der Waals surface area contributed by atoms with Gasteiger partial charge in [-0.15, -0.1) is 0 Å². The van der Waals surface area contributed by atoms with E-state index in [1.54, 1.807) is 13.8 Å². The molecule has 0 saturated heterocycles. The molecule has 0 aliphatic carbocycles. The monoisotopic (exact) mass is 437 g/mol. The van der Waals surface area contributed by atoms with Crippen LogP contribution >= 0.6 is 0 Å². The van der Waals surface area contributed by atoms with E-state index in [-0.39, 0.29) is 24.6 Å². The Bertz CT molecular complexity index is 1020. The maximum absolute atomic E-state index is 13.9. The molecule has 1 unspecified atom stereocenters. The Hall–Kier alpha value is -3.50. The molecular weight excluding hydrogens is 418 g/mol. The number of carbonyl (C=O) groups is 1. The maximum atomic E-state index is 13.9. The molecule has 0 radical (unpaired) electrons. The number of pyridine rings is 1. The third-order valence-corrected chi connectivity index (χ3v) is 4.49. The Morgan fingerprint density at radius 1 is 1.19 bits per heavy atom. The number of alkyl halides is 3. The molecule has 0 spiro atoms. The van der Waals surface area contributed by atoms with Crippen LogP contribution in [0.4, 0.5) is 17.6 Å². The molecule has 164 valence electrons. The van der Waals surface area contributed by atoms with Crippen LogP contribution in [0, 0.1) is 5.82 Å². The van der Waals surface area contributed by atoms with Gasteiger partial charge in [-0.3, -0.25) is 4.79 Å². The largest absolute Gasteiger partial charge is 0.475 e. The quantitative estimate of drug-likeness (QED) is 0.527. The first kappa shape index (κ1) is 22.2. The first-order valence-electron chi connectivity index (χ1n) is 9.34. The van der Waals surface area contributed by atoms with Gasteiger partial charge in [0.05, 0.1) is 35.2 Å². The molecule has 31 heavy (non-hydrogen) atoms. The van der Waals surface area contributed by atoms with Gasteiger partial charge >= 0.3 is 6.18 Å². The molecule has 1 amide bonds. The summed E-state index contributed by atoms with van der Waals surface area (Å²) in [6.45, 7) is 3.71. The number of hydrogen-bond acceptors (Lipinski definition) is 5. The van der Waals surface area contributed by atoms with Crippen LogP contribution in [0.3, 0.4) is 0 Å². The number of carbonyl (C=O) groups excluding carboxylic acids is 1. The zero-order chi connectivity index (χ0) is 22.6. The average Bonchev–Trinajstić information content (AvgIpc) is 3.27. The second-order valence-corrected chi connectivity index (χ2v) is 6.61. The van der Waals surface area contributed by atoms with Crippen molar-refractivity contribution in [3.05, 3.63) is 65.9 Å². The summed E-state index contributed by atoms with van der Waals surface area (Å²) in [7, 11) is 0. The minimum absolute atomic E-state index is 0.00413. The summed E-state index contributed by atoms with van der Waals surface area (Å²) in [5, 5.41) is 7.98. The molecule has 2 aromatic heterocycles. The fourth-order valence-electron chi connectivity index (χ4n) is 2.93. The molecule has 3 aromatic rings. The van der Waals surface area contributed by atoms with Crippen LogP contribution in [0.5, 0.6) is 5.88 Å². The molecule has 0 aliphatic rings. The molecule has 2 heterocycles. The number of halogens is 4. The smallest absolute Gasteiger partial charge is 0.417 e. The predicted octanol–water partition coefficient (Wildman–Crippen LogP) is 3.75. The minimum Gasteiger partial charge on any atom is -0.475 e. The van der Waals surface area contributed by atoms with Crippen molar-refractivity contribution >= 4 is 5.91 Å². The number of benzene rings is 1. The molecule has 7 nitrogen and oxygen atoms in total. The standard InChI is InChI=1S/C20H19F4N5O2/c1-3-28(13(2)12-31-18-7-4-14(11-25-18)20(22,23)24)19(30)16-10-15(21)5-6-17(16)29-26-8-9-27-29/h4-11,13H,3,12H2,1-2H3. The lowest BCUT2D eigenvalue weighted by Crippen LogP contribution is -2.42. The molecule has 0 fully saturated rings. The first-order valence-corrected chi connectivity index (χ1v) is 9.34. The average molecular weight is 437 g/mol. The Balaban J connectivity index is 1.74. The number of likely N-dealkylation sites (N-methyl/N-ethyl adjacent to an activating group) is 1. The highest BCUT2D eigenvalue weighted by Crippen LogP contribution is 2.29. The van der Waals surface area contributed by atoms with Crippen LogP contribution in [0.2, 0.25) is 0 Å². The van der Waals surface area contributed by atoms with Gasteiger partial charge in [-0.05, 0) is 38.1 Å². The zero-order valence-corrected chi connectivity index (χ0v) is 16.7. The van der Waals surface area contributed by atoms with E-state index in [9.17, 15) is 22.4 Å². The van der Waals surface area contributed by atoms with E-state index in [1.807, 2.05) is 0 Å². The number of hydrogen-bond donors (Lipinski definition) is 0. The van der Waals surface area contributed by atoms with Crippen LogP contribution in [0.1, 0.15) is 29.8 Å². The van der Waals surface area contributed by atoms with E-state index in [4.69, 9.17) is 4.74 Å². The van der Waals surface area contributed by atoms with E-state index in [2.05, 4.69) is 15.2 Å². The van der Waals surface area contributed by atoms with Crippen LogP contribution in [-0.2, 0) is 6.18 Å². The lowest BCUT2D eigenvalue weighted by molar-refractivity contribution is -0.137. The third-order valence-electron chi connectivity index (χ3n) is 4.49. The molecule has 0 bridgehead atoms. The molecule has 3 rings (SSSR count). The summed E-state index contributed by atoms with van der Waals surface area (Å²) in [6, 6.07) is 5.21. The first-order chi connectivity index (χ1) is 14.7. The number of aromatic nitrogens is 4. The Morgan fingerprint density at radius 2 is 1.90 bits per heavy atom. The molecule has 1 atom stereocenters. The van der Waals surface area contributed by atoms with Crippen LogP contribution in [0.15, 0.2) is 48.9 Å². The number of rotatable bonds is 7. The molecule has 0 aliphatic heterocycles. The van der Waals surface area contributed by atoms with Crippen LogP contribution in [0.25, 0.3) is 5.69 Å². The minimum atomic E-state index is -4.49. The van der Waals surface area contributed by atoms with E-state index in [0.717, 1.165) is 18.2 Å². The van der Waals surface area contributed by atoms with Crippen molar-refractivity contribution in [1.82, 2.24) is 24.9 Å². The van der Waals surface area contributed by atoms with E-state index in [1.165, 1.54) is 34.2 Å². The van der Waals surface area contributed by atoms with Gasteiger partial charge in [0.1, 0.15) is 12.4 Å². The number of ether oxygens (including phenoxy) is 1. The summed E-state index contributed by atoms with van der Waals surface area (Å²) in [5.74, 6) is -1.06. The van der Waals surface area contributed by atoms with Gasteiger partial charge in [0.2, 0.25) is 5.88 Å². The van der Waals surface area contributed by atoms with E-state index >= 15 is 0 Å². The van der Waals surface area contributed by atoms with Crippen LogP contribution in [-0.4, -0.2) is 50.0 Å². The summed E-state index contributed by atoms with van der Waals surface area (Å²) in [4.78, 5) is 19.5. The van der Waals surface area contributed by atoms with Gasteiger partial charge in [0, 0.05) is 18.8 Å². The molecule has 1 aromatic carbocycles. The highest BCUT2D eigenvalue weighted by atomic mass is 19.4. The Kier molecular flexibility index (Phi) is 6.52.